The van der Waals surface area contributed by atoms with Crippen LogP contribution in [0.3, 0.4) is 0 Å². The van der Waals surface area contributed by atoms with Gasteiger partial charge in [-0.25, -0.2) is 0 Å². The highest BCUT2D eigenvalue weighted by Gasteiger charge is 2.43. The van der Waals surface area contributed by atoms with E-state index in [1.165, 1.54) is 0 Å². The van der Waals surface area contributed by atoms with Gasteiger partial charge in [-0.1, -0.05) is 41.9 Å². The van der Waals surface area contributed by atoms with Crippen molar-refractivity contribution in [3.63, 3.8) is 0 Å². The fraction of sp³-hybridized carbons (Fsp3) is 0.0455. The second-order valence-electron chi connectivity index (χ2n) is 7.21. The minimum atomic E-state index is -5.25. The number of alkyl halides is 3. The van der Waals surface area contributed by atoms with Crippen molar-refractivity contribution in [1.82, 2.24) is 0 Å². The molecule has 0 aliphatic rings. The van der Waals surface area contributed by atoms with Crippen molar-refractivity contribution in [2.24, 2.45) is 0 Å². The predicted octanol–water partition coefficient (Wildman–Crippen LogP) is 6.45. The van der Waals surface area contributed by atoms with Gasteiger partial charge < -0.3 is 14.3 Å². The average Bonchev–Trinajstić information content (AvgIpc) is 2.77. The highest BCUT2D eigenvalue weighted by atomic mass is 35.5. The van der Waals surface area contributed by atoms with Crippen LogP contribution in [0.1, 0.15) is 5.56 Å². The molecule has 1 heterocycles. The molecule has 0 aliphatic heterocycles. The zero-order valence-electron chi connectivity index (χ0n) is 17.4. The van der Waals surface area contributed by atoms with E-state index < -0.39 is 60.7 Å². The summed E-state index contributed by atoms with van der Waals surface area (Å²) in [5, 5.41) is 31.7. The molecule has 0 aliphatic carbocycles. The van der Waals surface area contributed by atoms with Crippen LogP contribution < -0.4 is 10.2 Å². The largest absolute Gasteiger partial charge is 0.507 e. The van der Waals surface area contributed by atoms with Gasteiger partial charge >= 0.3 is 17.6 Å². The van der Waals surface area contributed by atoms with E-state index in [0.29, 0.717) is 5.56 Å². The molecule has 0 fully saturated rings. The first-order valence-corrected chi connectivity index (χ1v) is 10.0. The second-order valence-corrected chi connectivity index (χ2v) is 7.58. The molecule has 0 spiro atoms. The first-order chi connectivity index (χ1) is 16.9. The Morgan fingerprint density at radius 1 is 1.00 bits per heavy atom. The summed E-state index contributed by atoms with van der Waals surface area (Å²) >= 11 is 5.60. The Balaban J connectivity index is 1.94. The number of hydrogen-bond acceptors (Lipinski definition) is 8. The van der Waals surface area contributed by atoms with Crippen LogP contribution in [0.25, 0.3) is 22.3 Å². The van der Waals surface area contributed by atoms with Crippen molar-refractivity contribution in [2.75, 3.05) is 0 Å². The van der Waals surface area contributed by atoms with Crippen molar-refractivity contribution in [1.29, 1.82) is 0 Å². The van der Waals surface area contributed by atoms with Gasteiger partial charge in [0.15, 0.2) is 5.43 Å². The molecule has 1 aromatic heterocycles. The Bertz CT molecular complexity index is 1600. The van der Waals surface area contributed by atoms with E-state index in [-0.39, 0.29) is 22.8 Å². The van der Waals surface area contributed by atoms with Crippen molar-refractivity contribution in [3.8, 4) is 28.6 Å². The van der Waals surface area contributed by atoms with Gasteiger partial charge in [0.05, 0.1) is 15.4 Å². The molecule has 184 valence electrons. The lowest BCUT2D eigenvalue weighted by atomic mass is 10.1. The Hall–Kier alpha value is -4.65. The number of benzene rings is 3. The third-order valence-corrected chi connectivity index (χ3v) is 5.30. The standard InChI is InChI=1S/C22H10ClF3N2O8/c23-19-12(22(24,25)26)8-13(27(31)32)21(20(19)28(33)34)35-11-6-14(29)18-15(30)9-16(36-17(18)7-11)10-4-2-1-3-5-10/h1-9,29H. The molecule has 0 amide bonds. The molecule has 14 heteroatoms. The zero-order valence-corrected chi connectivity index (χ0v) is 18.2. The van der Waals surface area contributed by atoms with Crippen LogP contribution in [-0.2, 0) is 6.18 Å². The SMILES string of the molecule is O=c1cc(-c2ccccc2)oc2cc(Oc3c([N+](=O)[O-])cc(C(F)(F)F)c(Cl)c3[N+](=O)[O-])cc(O)c12. The van der Waals surface area contributed by atoms with Gasteiger partial charge in [0.1, 0.15) is 33.3 Å². The molecule has 1 N–H and O–H groups in total. The number of fused-ring (bicyclic) bond motifs is 1. The van der Waals surface area contributed by atoms with E-state index in [0.717, 1.165) is 18.2 Å². The van der Waals surface area contributed by atoms with Gasteiger partial charge in [0, 0.05) is 29.8 Å². The molecule has 0 atom stereocenters. The fourth-order valence-electron chi connectivity index (χ4n) is 3.38. The maximum absolute atomic E-state index is 13.3. The number of phenolic OH excluding ortho intramolecular Hbond substituents is 1. The monoisotopic (exact) mass is 522 g/mol. The summed E-state index contributed by atoms with van der Waals surface area (Å²) in [6.07, 6.45) is -5.25. The van der Waals surface area contributed by atoms with Gasteiger partial charge in [-0.2, -0.15) is 13.2 Å². The Labute approximate surface area is 202 Å². The van der Waals surface area contributed by atoms with Crippen molar-refractivity contribution in [3.05, 3.63) is 95.6 Å². The van der Waals surface area contributed by atoms with Gasteiger partial charge in [0.25, 0.3) is 5.75 Å². The summed E-state index contributed by atoms with van der Waals surface area (Å²) in [5.74, 6) is -2.36. The van der Waals surface area contributed by atoms with Gasteiger partial charge in [-0.05, 0) is 0 Å². The number of nitrogens with zero attached hydrogens (tertiary/aromatic N) is 2. The second kappa shape index (κ2) is 8.85. The molecule has 10 nitrogen and oxygen atoms in total. The number of hydrogen-bond donors (Lipinski definition) is 1. The number of aromatic hydroxyl groups is 1. The number of rotatable bonds is 5. The summed E-state index contributed by atoms with van der Waals surface area (Å²) in [6.45, 7) is 0. The van der Waals surface area contributed by atoms with Gasteiger partial charge in [-0.3, -0.25) is 25.0 Å². The molecular weight excluding hydrogens is 513 g/mol. The highest BCUT2D eigenvalue weighted by molar-refractivity contribution is 6.34. The van der Waals surface area contributed by atoms with E-state index in [1.807, 2.05) is 0 Å². The molecule has 36 heavy (non-hydrogen) atoms. The van der Waals surface area contributed by atoms with E-state index in [2.05, 4.69) is 0 Å². The lowest BCUT2D eigenvalue weighted by Crippen LogP contribution is -2.10. The summed E-state index contributed by atoms with van der Waals surface area (Å²) in [4.78, 5) is 32.9. The van der Waals surface area contributed by atoms with Crippen molar-refractivity contribution >= 4 is 33.9 Å². The van der Waals surface area contributed by atoms with Crippen LogP contribution in [-0.4, -0.2) is 15.0 Å². The minimum absolute atomic E-state index is 0.000791. The molecule has 3 aromatic carbocycles. The molecule has 0 saturated carbocycles. The highest BCUT2D eigenvalue weighted by Crippen LogP contribution is 2.50. The molecule has 0 unspecified atom stereocenters. The Morgan fingerprint density at radius 3 is 2.25 bits per heavy atom. The van der Waals surface area contributed by atoms with E-state index in [9.17, 15) is 43.3 Å². The lowest BCUT2D eigenvalue weighted by molar-refractivity contribution is -0.395. The Kier molecular flexibility index (Phi) is 6.02. The smallest absolute Gasteiger partial charge is 0.418 e. The normalized spacial score (nSPS) is 11.4. The van der Waals surface area contributed by atoms with E-state index in [1.54, 1.807) is 30.3 Å². The van der Waals surface area contributed by atoms with Crippen LogP contribution in [0.4, 0.5) is 24.5 Å². The molecule has 4 rings (SSSR count). The quantitative estimate of drug-likeness (QED) is 0.232. The van der Waals surface area contributed by atoms with Crippen LogP contribution in [0, 0.1) is 20.2 Å². The van der Waals surface area contributed by atoms with Gasteiger partial charge in [0.2, 0.25) is 0 Å². The van der Waals surface area contributed by atoms with Crippen molar-refractivity contribution < 1.29 is 37.3 Å². The van der Waals surface area contributed by atoms with Crippen LogP contribution in [0.2, 0.25) is 5.02 Å². The van der Waals surface area contributed by atoms with Crippen LogP contribution in [0.5, 0.6) is 17.2 Å². The topological polar surface area (TPSA) is 146 Å². The van der Waals surface area contributed by atoms with Crippen molar-refractivity contribution in [2.45, 2.75) is 6.18 Å². The molecule has 4 aromatic rings. The summed E-state index contributed by atoms with van der Waals surface area (Å²) < 4.78 is 50.8. The first-order valence-electron chi connectivity index (χ1n) is 9.65. The number of phenols is 1. The molecular formula is C22H10ClF3N2O8. The predicted molar refractivity (Wildman–Crippen MR) is 119 cm³/mol. The molecule has 0 saturated heterocycles. The Morgan fingerprint density at radius 2 is 1.67 bits per heavy atom. The summed E-state index contributed by atoms with van der Waals surface area (Å²) in [5.41, 5.74) is -5.17. The average molecular weight is 523 g/mol. The number of ether oxygens (including phenoxy) is 1. The zero-order chi connectivity index (χ0) is 26.4. The maximum Gasteiger partial charge on any atom is 0.418 e. The number of nitro groups is 2. The summed E-state index contributed by atoms with van der Waals surface area (Å²) in [7, 11) is 0. The third-order valence-electron chi connectivity index (χ3n) is 4.92. The molecule has 0 radical (unpaired) electrons. The number of halogens is 4. The fourth-order valence-corrected chi connectivity index (χ4v) is 3.70. The third kappa shape index (κ3) is 4.38. The lowest BCUT2D eigenvalue weighted by Gasteiger charge is -2.13. The van der Waals surface area contributed by atoms with E-state index in [4.69, 9.17) is 20.8 Å². The van der Waals surface area contributed by atoms with Crippen LogP contribution in [0.15, 0.2) is 63.8 Å². The first kappa shape index (κ1) is 24.5. The minimum Gasteiger partial charge on any atom is -0.507 e. The summed E-state index contributed by atoms with van der Waals surface area (Å²) in [6, 6.07) is 11.2. The van der Waals surface area contributed by atoms with Gasteiger partial charge in [-0.15, -0.1) is 0 Å². The van der Waals surface area contributed by atoms with E-state index >= 15 is 0 Å². The number of nitro benzene ring substituents is 2. The molecule has 0 bridgehead atoms. The van der Waals surface area contributed by atoms with Crippen LogP contribution >= 0.6 is 11.6 Å². The maximum atomic E-state index is 13.3.